The van der Waals surface area contributed by atoms with Crippen LogP contribution in [0, 0.1) is 11.3 Å². The van der Waals surface area contributed by atoms with Crippen LogP contribution >= 0.6 is 0 Å². The molecule has 0 saturated heterocycles. The largest absolute Gasteiger partial charge is 0.463 e. The van der Waals surface area contributed by atoms with Crippen LogP contribution in [0.3, 0.4) is 0 Å². The molecule has 1 atom stereocenters. The molecule has 0 spiro atoms. The first-order chi connectivity index (χ1) is 6.20. The third kappa shape index (κ3) is 8.09. The Morgan fingerprint density at radius 1 is 1.21 bits per heavy atom. The molecule has 0 saturated carbocycles. The third-order valence-electron chi connectivity index (χ3n) is 1.81. The van der Waals surface area contributed by atoms with Crippen LogP contribution < -0.4 is 0 Å². The minimum atomic E-state index is -0.0725. The van der Waals surface area contributed by atoms with E-state index < -0.39 is 0 Å². The normalized spacial score (nSPS) is 14.2. The van der Waals surface area contributed by atoms with Crippen molar-refractivity contribution in [3.63, 3.8) is 0 Å². The molecule has 0 aromatic carbocycles. The highest BCUT2D eigenvalue weighted by atomic mass is 16.5. The standard InChI is InChI=1S/C12H24O2/c1-9(2)7-11(13)14-10(3)8-12(4,5)6/h9-10H,7-8H2,1-6H3. The number of carbonyl (C=O) groups is 1. The van der Waals surface area contributed by atoms with Crippen LogP contribution in [0.2, 0.25) is 0 Å². The van der Waals surface area contributed by atoms with E-state index in [-0.39, 0.29) is 17.5 Å². The molecule has 0 aliphatic heterocycles. The zero-order valence-corrected chi connectivity index (χ0v) is 10.4. The Morgan fingerprint density at radius 2 is 1.71 bits per heavy atom. The van der Waals surface area contributed by atoms with E-state index in [1.807, 2.05) is 20.8 Å². The Kier molecular flexibility index (Phi) is 5.17. The molecule has 0 N–H and O–H groups in total. The van der Waals surface area contributed by atoms with Crippen molar-refractivity contribution in [3.05, 3.63) is 0 Å². The van der Waals surface area contributed by atoms with Gasteiger partial charge in [0, 0.05) is 6.42 Å². The van der Waals surface area contributed by atoms with Crippen molar-refractivity contribution >= 4 is 5.97 Å². The van der Waals surface area contributed by atoms with Crippen molar-refractivity contribution in [2.45, 2.75) is 60.5 Å². The molecule has 84 valence electrons. The zero-order chi connectivity index (χ0) is 11.4. The molecule has 1 unspecified atom stereocenters. The van der Waals surface area contributed by atoms with Crippen LogP contribution in [0.15, 0.2) is 0 Å². The number of esters is 1. The summed E-state index contributed by atoms with van der Waals surface area (Å²) in [5.74, 6) is 0.307. The van der Waals surface area contributed by atoms with Gasteiger partial charge >= 0.3 is 5.97 Å². The predicted octanol–water partition coefficient (Wildman–Crippen LogP) is 3.40. The number of hydrogen-bond donors (Lipinski definition) is 0. The van der Waals surface area contributed by atoms with E-state index in [4.69, 9.17) is 4.74 Å². The van der Waals surface area contributed by atoms with E-state index in [0.29, 0.717) is 12.3 Å². The molecule has 14 heavy (non-hydrogen) atoms. The first-order valence-corrected chi connectivity index (χ1v) is 5.40. The Morgan fingerprint density at radius 3 is 2.07 bits per heavy atom. The van der Waals surface area contributed by atoms with Gasteiger partial charge in [-0.05, 0) is 24.7 Å². The molecule has 0 radical (unpaired) electrons. The maximum absolute atomic E-state index is 11.3. The summed E-state index contributed by atoms with van der Waals surface area (Å²) < 4.78 is 5.30. The van der Waals surface area contributed by atoms with Gasteiger partial charge < -0.3 is 4.74 Å². The molecule has 0 aromatic heterocycles. The van der Waals surface area contributed by atoms with Crippen LogP contribution in [0.4, 0.5) is 0 Å². The fraction of sp³-hybridized carbons (Fsp3) is 0.917. The van der Waals surface area contributed by atoms with Gasteiger partial charge in [-0.1, -0.05) is 34.6 Å². The van der Waals surface area contributed by atoms with Crippen LogP contribution in [0.5, 0.6) is 0 Å². The van der Waals surface area contributed by atoms with Gasteiger partial charge in [0.05, 0.1) is 6.10 Å². The fourth-order valence-corrected chi connectivity index (χ4v) is 1.51. The van der Waals surface area contributed by atoms with Gasteiger partial charge in [0.25, 0.3) is 0 Å². The monoisotopic (exact) mass is 200 g/mol. The number of carbonyl (C=O) groups excluding carboxylic acids is 1. The highest BCUT2D eigenvalue weighted by molar-refractivity contribution is 5.69. The average Bonchev–Trinajstić information content (AvgIpc) is 1.77. The first kappa shape index (κ1) is 13.5. The van der Waals surface area contributed by atoms with Gasteiger partial charge in [-0.2, -0.15) is 0 Å². The van der Waals surface area contributed by atoms with Crippen molar-refractivity contribution in [2.24, 2.45) is 11.3 Å². The molecule has 0 rings (SSSR count). The fourth-order valence-electron chi connectivity index (χ4n) is 1.51. The molecule has 2 nitrogen and oxygen atoms in total. The molecule has 2 heteroatoms. The highest BCUT2D eigenvalue weighted by Gasteiger charge is 2.18. The SMILES string of the molecule is CC(C)CC(=O)OC(C)CC(C)(C)C. The van der Waals surface area contributed by atoms with Crippen molar-refractivity contribution in [1.82, 2.24) is 0 Å². The second kappa shape index (κ2) is 5.38. The van der Waals surface area contributed by atoms with Gasteiger partial charge in [-0.25, -0.2) is 0 Å². The molecule has 0 aliphatic carbocycles. The lowest BCUT2D eigenvalue weighted by Gasteiger charge is -2.23. The van der Waals surface area contributed by atoms with Crippen molar-refractivity contribution < 1.29 is 9.53 Å². The lowest BCUT2D eigenvalue weighted by Crippen LogP contribution is -2.21. The van der Waals surface area contributed by atoms with Gasteiger partial charge in [-0.3, -0.25) is 4.79 Å². The minimum Gasteiger partial charge on any atom is -0.463 e. The molecule has 0 aliphatic rings. The summed E-state index contributed by atoms with van der Waals surface area (Å²) in [7, 11) is 0. The lowest BCUT2D eigenvalue weighted by atomic mass is 9.90. The maximum atomic E-state index is 11.3. The van der Waals surface area contributed by atoms with Gasteiger partial charge in [-0.15, -0.1) is 0 Å². The van der Waals surface area contributed by atoms with Gasteiger partial charge in [0.15, 0.2) is 0 Å². The lowest BCUT2D eigenvalue weighted by molar-refractivity contribution is -0.150. The van der Waals surface area contributed by atoms with Gasteiger partial charge in [0.2, 0.25) is 0 Å². The molecule has 0 fully saturated rings. The van der Waals surface area contributed by atoms with Crippen LogP contribution in [-0.4, -0.2) is 12.1 Å². The second-order valence-corrected chi connectivity index (χ2v) is 5.66. The summed E-state index contributed by atoms with van der Waals surface area (Å²) in [6.45, 7) is 12.5. The predicted molar refractivity (Wildman–Crippen MR) is 59.1 cm³/mol. The van der Waals surface area contributed by atoms with Crippen LogP contribution in [-0.2, 0) is 9.53 Å². The van der Waals surface area contributed by atoms with Crippen LogP contribution in [0.1, 0.15) is 54.4 Å². The summed E-state index contributed by atoms with van der Waals surface area (Å²) in [5.41, 5.74) is 0.220. The summed E-state index contributed by atoms with van der Waals surface area (Å²) in [5, 5.41) is 0. The van der Waals surface area contributed by atoms with Crippen molar-refractivity contribution in [1.29, 1.82) is 0 Å². The molecule has 0 heterocycles. The quantitative estimate of drug-likeness (QED) is 0.650. The summed E-state index contributed by atoms with van der Waals surface area (Å²) in [6.07, 6.45) is 1.46. The summed E-state index contributed by atoms with van der Waals surface area (Å²) in [6, 6.07) is 0. The number of rotatable bonds is 4. The topological polar surface area (TPSA) is 26.3 Å². The smallest absolute Gasteiger partial charge is 0.306 e. The second-order valence-electron chi connectivity index (χ2n) is 5.66. The molecule has 0 aromatic rings. The summed E-state index contributed by atoms with van der Waals surface area (Å²) >= 11 is 0. The average molecular weight is 200 g/mol. The summed E-state index contributed by atoms with van der Waals surface area (Å²) in [4.78, 5) is 11.3. The Labute approximate surface area is 88.0 Å². The Balaban J connectivity index is 3.83. The van der Waals surface area contributed by atoms with E-state index in [1.165, 1.54) is 0 Å². The molecule has 0 amide bonds. The van der Waals surface area contributed by atoms with Crippen molar-refractivity contribution in [2.75, 3.05) is 0 Å². The Hall–Kier alpha value is -0.530. The van der Waals surface area contributed by atoms with E-state index in [9.17, 15) is 4.79 Å². The van der Waals surface area contributed by atoms with E-state index in [2.05, 4.69) is 20.8 Å². The highest BCUT2D eigenvalue weighted by Crippen LogP contribution is 2.22. The van der Waals surface area contributed by atoms with Crippen molar-refractivity contribution in [3.8, 4) is 0 Å². The van der Waals surface area contributed by atoms with E-state index in [1.54, 1.807) is 0 Å². The van der Waals surface area contributed by atoms with Crippen LogP contribution in [0.25, 0.3) is 0 Å². The van der Waals surface area contributed by atoms with Gasteiger partial charge in [0.1, 0.15) is 0 Å². The molecular weight excluding hydrogens is 176 g/mol. The van der Waals surface area contributed by atoms with E-state index >= 15 is 0 Å². The first-order valence-electron chi connectivity index (χ1n) is 5.40. The number of ether oxygens (including phenoxy) is 1. The minimum absolute atomic E-state index is 0.0289. The third-order valence-corrected chi connectivity index (χ3v) is 1.81. The Bertz CT molecular complexity index is 177. The molecule has 0 bridgehead atoms. The zero-order valence-electron chi connectivity index (χ0n) is 10.4. The number of hydrogen-bond acceptors (Lipinski definition) is 2. The van der Waals surface area contributed by atoms with E-state index in [0.717, 1.165) is 6.42 Å². The maximum Gasteiger partial charge on any atom is 0.306 e. The molecular formula is C12H24O2.